The number of nitrogens with zero attached hydrogens (tertiary/aromatic N) is 2. The highest BCUT2D eigenvalue weighted by Gasteiger charge is 2.09. The number of carbonyl (C=O) groups is 1. The molecule has 2 aromatic carbocycles. The van der Waals surface area contributed by atoms with Crippen molar-refractivity contribution >= 4 is 11.4 Å². The first-order chi connectivity index (χ1) is 13.2. The van der Waals surface area contributed by atoms with Crippen molar-refractivity contribution in [2.24, 2.45) is 0 Å². The second kappa shape index (κ2) is 7.25. The van der Waals surface area contributed by atoms with Gasteiger partial charge >= 0.3 is 0 Å². The number of ketones is 1. The van der Waals surface area contributed by atoms with Crippen molar-refractivity contribution in [2.75, 3.05) is 0 Å². The van der Waals surface area contributed by atoms with Crippen LogP contribution in [0, 0.1) is 0 Å². The van der Waals surface area contributed by atoms with Gasteiger partial charge in [-0.05, 0) is 36.4 Å². The lowest BCUT2D eigenvalue weighted by molar-refractivity contribution is 0.103. The predicted molar refractivity (Wildman–Crippen MR) is 102 cm³/mol. The van der Waals surface area contributed by atoms with E-state index < -0.39 is 0 Å². The molecule has 5 nitrogen and oxygen atoms in total. The Labute approximate surface area is 155 Å². The minimum absolute atomic E-state index is 0.0358. The van der Waals surface area contributed by atoms with E-state index in [1.165, 1.54) is 10.5 Å². The molecule has 0 spiro atoms. The number of ether oxygens (including phenoxy) is 1. The molecule has 2 heterocycles. The first kappa shape index (κ1) is 16.7. The second-order valence-electron chi connectivity index (χ2n) is 6.02. The van der Waals surface area contributed by atoms with Gasteiger partial charge in [-0.25, -0.2) is 4.98 Å². The highest BCUT2D eigenvalue weighted by Crippen LogP contribution is 2.16. The number of fused-ring (bicyclic) bond motifs is 1. The Morgan fingerprint density at radius 2 is 1.59 bits per heavy atom. The fraction of sp³-hybridized carbons (Fsp3) is 0.0455. The van der Waals surface area contributed by atoms with Crippen LogP contribution in [0.1, 0.15) is 21.6 Å². The number of hydrogen-bond donors (Lipinski definition) is 0. The average Bonchev–Trinajstić information content (AvgIpc) is 2.73. The minimum Gasteiger partial charge on any atom is -0.487 e. The molecule has 0 aliphatic rings. The third kappa shape index (κ3) is 3.62. The molecular weight excluding hydrogens is 340 g/mol. The molecule has 0 bridgehead atoms. The van der Waals surface area contributed by atoms with E-state index in [2.05, 4.69) is 4.98 Å². The lowest BCUT2D eigenvalue weighted by atomic mass is 10.0. The molecule has 0 atom stereocenters. The van der Waals surface area contributed by atoms with Crippen LogP contribution in [-0.2, 0) is 6.61 Å². The van der Waals surface area contributed by atoms with Crippen molar-refractivity contribution in [3.8, 4) is 5.75 Å². The third-order valence-corrected chi connectivity index (χ3v) is 4.16. The van der Waals surface area contributed by atoms with E-state index in [1.54, 1.807) is 54.7 Å². The van der Waals surface area contributed by atoms with Gasteiger partial charge < -0.3 is 4.74 Å². The Hall–Kier alpha value is -3.73. The molecule has 0 aliphatic carbocycles. The maximum atomic E-state index is 12.4. The zero-order valence-corrected chi connectivity index (χ0v) is 14.4. The maximum absolute atomic E-state index is 12.4. The zero-order chi connectivity index (χ0) is 18.6. The fourth-order valence-corrected chi connectivity index (χ4v) is 2.79. The van der Waals surface area contributed by atoms with Gasteiger partial charge in [0, 0.05) is 23.4 Å². The molecule has 27 heavy (non-hydrogen) atoms. The summed E-state index contributed by atoms with van der Waals surface area (Å²) in [6.45, 7) is 0.173. The lowest BCUT2D eigenvalue weighted by Gasteiger charge is -2.08. The Bertz CT molecular complexity index is 1150. The standard InChI is InChI=1S/C22H16N2O3/c25-21-14-18(23-20-8-4-5-13-24(20)21)15-27-19-11-9-17(10-12-19)22(26)16-6-2-1-3-7-16/h1-14H,15H2. The van der Waals surface area contributed by atoms with Crippen LogP contribution in [0.4, 0.5) is 0 Å². The van der Waals surface area contributed by atoms with E-state index in [4.69, 9.17) is 4.74 Å². The Kier molecular flexibility index (Phi) is 4.49. The predicted octanol–water partition coefficient (Wildman–Crippen LogP) is 3.50. The van der Waals surface area contributed by atoms with Crippen molar-refractivity contribution in [3.05, 3.63) is 112 Å². The summed E-state index contributed by atoms with van der Waals surface area (Å²) < 4.78 is 7.19. The van der Waals surface area contributed by atoms with E-state index in [-0.39, 0.29) is 17.9 Å². The van der Waals surface area contributed by atoms with Crippen LogP contribution in [0.15, 0.2) is 89.9 Å². The second-order valence-corrected chi connectivity index (χ2v) is 6.02. The molecule has 5 heteroatoms. The lowest BCUT2D eigenvalue weighted by Crippen LogP contribution is -2.16. The van der Waals surface area contributed by atoms with Gasteiger partial charge in [-0.1, -0.05) is 36.4 Å². The van der Waals surface area contributed by atoms with Gasteiger partial charge in [-0.3, -0.25) is 14.0 Å². The van der Waals surface area contributed by atoms with Crippen LogP contribution in [0.25, 0.3) is 5.65 Å². The van der Waals surface area contributed by atoms with Crippen LogP contribution >= 0.6 is 0 Å². The van der Waals surface area contributed by atoms with Crippen molar-refractivity contribution in [3.63, 3.8) is 0 Å². The molecule has 0 N–H and O–H groups in total. The summed E-state index contributed by atoms with van der Waals surface area (Å²) in [4.78, 5) is 28.9. The summed E-state index contributed by atoms with van der Waals surface area (Å²) >= 11 is 0. The monoisotopic (exact) mass is 356 g/mol. The van der Waals surface area contributed by atoms with Crippen LogP contribution in [0.2, 0.25) is 0 Å². The largest absolute Gasteiger partial charge is 0.487 e. The summed E-state index contributed by atoms with van der Waals surface area (Å²) in [7, 11) is 0. The first-order valence-corrected chi connectivity index (χ1v) is 8.51. The molecule has 0 fully saturated rings. The third-order valence-electron chi connectivity index (χ3n) is 4.16. The van der Waals surface area contributed by atoms with Gasteiger partial charge in [-0.2, -0.15) is 0 Å². The van der Waals surface area contributed by atoms with Crippen molar-refractivity contribution in [2.45, 2.75) is 6.61 Å². The number of aromatic nitrogens is 2. The highest BCUT2D eigenvalue weighted by atomic mass is 16.5. The molecule has 0 radical (unpaired) electrons. The molecule has 0 saturated carbocycles. The maximum Gasteiger partial charge on any atom is 0.258 e. The molecule has 0 amide bonds. The van der Waals surface area contributed by atoms with Gasteiger partial charge in [-0.15, -0.1) is 0 Å². The normalized spacial score (nSPS) is 10.7. The molecular formula is C22H16N2O3. The summed E-state index contributed by atoms with van der Waals surface area (Å²) in [5.74, 6) is 0.570. The fourth-order valence-electron chi connectivity index (χ4n) is 2.79. The van der Waals surface area contributed by atoms with E-state index >= 15 is 0 Å². The molecule has 4 aromatic rings. The number of rotatable bonds is 5. The molecule has 132 valence electrons. The van der Waals surface area contributed by atoms with Crippen LogP contribution in [-0.4, -0.2) is 15.2 Å². The van der Waals surface area contributed by atoms with Crippen molar-refractivity contribution in [1.29, 1.82) is 0 Å². The van der Waals surface area contributed by atoms with Gasteiger partial charge in [0.2, 0.25) is 0 Å². The summed E-state index contributed by atoms with van der Waals surface area (Å²) in [6.07, 6.45) is 1.68. The molecule has 2 aromatic heterocycles. The number of pyridine rings is 1. The number of carbonyl (C=O) groups excluding carboxylic acids is 1. The van der Waals surface area contributed by atoms with Crippen LogP contribution in [0.3, 0.4) is 0 Å². The van der Waals surface area contributed by atoms with E-state index in [1.807, 2.05) is 24.3 Å². The van der Waals surface area contributed by atoms with E-state index in [9.17, 15) is 9.59 Å². The SMILES string of the molecule is O=C(c1ccccc1)c1ccc(OCc2cc(=O)n3ccccc3n2)cc1. The van der Waals surface area contributed by atoms with E-state index in [0.29, 0.717) is 28.2 Å². The smallest absolute Gasteiger partial charge is 0.258 e. The summed E-state index contributed by atoms with van der Waals surface area (Å²) in [5, 5.41) is 0. The quantitative estimate of drug-likeness (QED) is 0.514. The number of benzene rings is 2. The number of hydrogen-bond acceptors (Lipinski definition) is 4. The van der Waals surface area contributed by atoms with Gasteiger partial charge in [0.15, 0.2) is 5.78 Å². The summed E-state index contributed by atoms with van der Waals surface area (Å²) in [5.41, 5.74) is 2.22. The summed E-state index contributed by atoms with van der Waals surface area (Å²) in [6, 6.07) is 22.9. The Balaban J connectivity index is 1.48. The topological polar surface area (TPSA) is 60.7 Å². The highest BCUT2D eigenvalue weighted by molar-refractivity contribution is 6.08. The Morgan fingerprint density at radius 1 is 0.889 bits per heavy atom. The molecule has 0 saturated heterocycles. The van der Waals surface area contributed by atoms with Crippen LogP contribution in [0.5, 0.6) is 5.75 Å². The van der Waals surface area contributed by atoms with Gasteiger partial charge in [0.25, 0.3) is 5.56 Å². The van der Waals surface area contributed by atoms with Crippen LogP contribution < -0.4 is 10.3 Å². The first-order valence-electron chi connectivity index (χ1n) is 8.51. The van der Waals surface area contributed by atoms with Gasteiger partial charge in [0.05, 0.1) is 5.69 Å². The van der Waals surface area contributed by atoms with Gasteiger partial charge in [0.1, 0.15) is 18.0 Å². The average molecular weight is 356 g/mol. The minimum atomic E-state index is -0.150. The van der Waals surface area contributed by atoms with Crippen molar-refractivity contribution in [1.82, 2.24) is 9.38 Å². The van der Waals surface area contributed by atoms with Crippen molar-refractivity contribution < 1.29 is 9.53 Å². The van der Waals surface area contributed by atoms with E-state index in [0.717, 1.165) is 0 Å². The Morgan fingerprint density at radius 3 is 2.37 bits per heavy atom. The zero-order valence-electron chi connectivity index (χ0n) is 14.4. The molecule has 4 rings (SSSR count). The molecule has 0 unspecified atom stereocenters. The molecule has 0 aliphatic heterocycles.